The summed E-state index contributed by atoms with van der Waals surface area (Å²) in [6.07, 6.45) is 1.71. The fourth-order valence-electron chi connectivity index (χ4n) is 3.27. The van der Waals surface area contributed by atoms with Gasteiger partial charge in [0.05, 0.1) is 5.52 Å². The number of imidazole rings is 1. The number of hydrogen-bond donors (Lipinski definition) is 2. The van der Waals surface area contributed by atoms with Crippen LogP contribution in [0.1, 0.15) is 20.8 Å². The lowest BCUT2D eigenvalue weighted by atomic mass is 9.95. The third-order valence-corrected chi connectivity index (χ3v) is 5.77. The lowest BCUT2D eigenvalue weighted by Crippen LogP contribution is -2.29. The largest absolute Gasteiger partial charge is 0.486 e. The van der Waals surface area contributed by atoms with Crippen molar-refractivity contribution in [3.8, 4) is 11.5 Å². The first-order chi connectivity index (χ1) is 14.3. The Morgan fingerprint density at radius 2 is 1.97 bits per heavy atom. The van der Waals surface area contributed by atoms with E-state index in [1.54, 1.807) is 6.20 Å². The highest BCUT2D eigenvalue weighted by Gasteiger charge is 2.19. The van der Waals surface area contributed by atoms with Crippen molar-refractivity contribution in [2.45, 2.75) is 37.4 Å². The SMILES string of the molecule is [B]c1cc2c(cc1Sc1nc3c(N)nccc3n1CCNCC(C)(C)C)OCCO2. The molecule has 9 heteroatoms. The molecule has 0 saturated carbocycles. The second kappa shape index (κ2) is 8.39. The summed E-state index contributed by atoms with van der Waals surface area (Å²) in [5.41, 5.74) is 8.60. The van der Waals surface area contributed by atoms with Crippen LogP contribution in [0, 0.1) is 5.41 Å². The second-order valence-electron chi connectivity index (χ2n) is 8.48. The van der Waals surface area contributed by atoms with Gasteiger partial charge in [0.1, 0.15) is 26.6 Å². The first-order valence-electron chi connectivity index (χ1n) is 10.0. The summed E-state index contributed by atoms with van der Waals surface area (Å²) in [4.78, 5) is 9.83. The molecule has 0 amide bonds. The van der Waals surface area contributed by atoms with E-state index in [0.29, 0.717) is 41.5 Å². The molecule has 0 aliphatic carbocycles. The molecule has 0 bridgehead atoms. The maximum absolute atomic E-state index is 6.29. The Morgan fingerprint density at radius 1 is 1.23 bits per heavy atom. The van der Waals surface area contributed by atoms with Crippen LogP contribution < -0.4 is 26.0 Å². The fourth-order valence-corrected chi connectivity index (χ4v) is 4.25. The van der Waals surface area contributed by atoms with E-state index in [9.17, 15) is 0 Å². The molecule has 1 aromatic carbocycles. The van der Waals surface area contributed by atoms with Crippen LogP contribution in [0.2, 0.25) is 0 Å². The predicted molar refractivity (Wildman–Crippen MR) is 121 cm³/mol. The zero-order valence-corrected chi connectivity index (χ0v) is 18.4. The van der Waals surface area contributed by atoms with Gasteiger partial charge >= 0.3 is 0 Å². The van der Waals surface area contributed by atoms with Crippen LogP contribution in [0.25, 0.3) is 11.0 Å². The van der Waals surface area contributed by atoms with Gasteiger partial charge in [-0.05, 0) is 23.6 Å². The van der Waals surface area contributed by atoms with E-state index in [1.807, 2.05) is 18.2 Å². The molecule has 4 rings (SSSR count). The van der Waals surface area contributed by atoms with Crippen LogP contribution in [-0.2, 0) is 6.54 Å². The number of pyridine rings is 1. The van der Waals surface area contributed by atoms with Gasteiger partial charge < -0.3 is 25.1 Å². The van der Waals surface area contributed by atoms with Gasteiger partial charge in [0, 0.05) is 30.7 Å². The minimum absolute atomic E-state index is 0.225. The number of fused-ring (bicyclic) bond motifs is 2. The molecule has 30 heavy (non-hydrogen) atoms. The van der Waals surface area contributed by atoms with Gasteiger partial charge in [-0.15, -0.1) is 0 Å². The normalized spacial score (nSPS) is 13.7. The second-order valence-corrected chi connectivity index (χ2v) is 9.49. The van der Waals surface area contributed by atoms with Crippen LogP contribution in [0.5, 0.6) is 11.5 Å². The van der Waals surface area contributed by atoms with Gasteiger partial charge in [0.15, 0.2) is 22.5 Å². The molecule has 7 nitrogen and oxygen atoms in total. The topological polar surface area (TPSA) is 87.2 Å². The monoisotopic (exact) mass is 423 g/mol. The number of nitrogen functional groups attached to an aromatic ring is 1. The molecule has 0 fully saturated rings. The summed E-state index contributed by atoms with van der Waals surface area (Å²) in [6.45, 7) is 10.2. The zero-order chi connectivity index (χ0) is 21.3. The Morgan fingerprint density at radius 3 is 2.70 bits per heavy atom. The standard InChI is InChI=1S/C21H26BN5O2S/c1-21(2,3)12-24-6-7-27-14-4-5-25-19(23)18(14)26-20(27)30-17-11-16-15(10-13(17)22)28-8-9-29-16/h4-5,10-11,24H,6-9,12H2,1-3H3,(H2,23,25). The first-order valence-corrected chi connectivity index (χ1v) is 10.8. The molecule has 3 N–H and O–H groups in total. The number of nitrogens with zero attached hydrogens (tertiary/aromatic N) is 3. The van der Waals surface area contributed by atoms with Crippen molar-refractivity contribution in [3.63, 3.8) is 0 Å². The van der Waals surface area contributed by atoms with Crippen molar-refractivity contribution in [1.29, 1.82) is 0 Å². The molecule has 156 valence electrons. The Hall–Kier alpha value is -2.39. The third kappa shape index (κ3) is 4.52. The van der Waals surface area contributed by atoms with E-state index < -0.39 is 0 Å². The maximum Gasteiger partial charge on any atom is 0.174 e. The summed E-state index contributed by atoms with van der Waals surface area (Å²) in [6, 6.07) is 5.67. The molecular formula is C21H26BN5O2S. The van der Waals surface area contributed by atoms with Crippen molar-refractivity contribution >= 4 is 41.9 Å². The van der Waals surface area contributed by atoms with Crippen LogP contribution in [0.3, 0.4) is 0 Å². The molecule has 3 heterocycles. The number of nitrogens with two attached hydrogens (primary N) is 1. The van der Waals surface area contributed by atoms with E-state index in [2.05, 4.69) is 35.6 Å². The molecule has 0 spiro atoms. The molecule has 0 unspecified atom stereocenters. The van der Waals surface area contributed by atoms with Gasteiger partial charge in [0.25, 0.3) is 0 Å². The van der Waals surface area contributed by atoms with E-state index in [4.69, 9.17) is 28.0 Å². The minimum atomic E-state index is 0.225. The number of anilines is 1. The van der Waals surface area contributed by atoms with Crippen LogP contribution in [0.15, 0.2) is 34.4 Å². The van der Waals surface area contributed by atoms with Crippen molar-refractivity contribution in [2.75, 3.05) is 32.0 Å². The summed E-state index contributed by atoms with van der Waals surface area (Å²) >= 11 is 1.49. The summed E-state index contributed by atoms with van der Waals surface area (Å²) < 4.78 is 13.5. The molecule has 1 aliphatic heterocycles. The van der Waals surface area contributed by atoms with Gasteiger partial charge in [-0.2, -0.15) is 0 Å². The summed E-state index contributed by atoms with van der Waals surface area (Å²) in [5, 5.41) is 4.33. The smallest absolute Gasteiger partial charge is 0.174 e. The van der Waals surface area contributed by atoms with Crippen LogP contribution in [-0.4, -0.2) is 48.7 Å². The molecule has 2 aromatic heterocycles. The maximum atomic E-state index is 6.29. The molecule has 0 saturated heterocycles. The molecule has 2 radical (unpaired) electrons. The number of benzene rings is 1. The number of aromatic nitrogens is 3. The van der Waals surface area contributed by atoms with Crippen LogP contribution >= 0.6 is 11.8 Å². The summed E-state index contributed by atoms with van der Waals surface area (Å²) in [5.74, 6) is 1.80. The van der Waals surface area contributed by atoms with Gasteiger partial charge in [-0.25, -0.2) is 9.97 Å². The van der Waals surface area contributed by atoms with Crippen molar-refractivity contribution in [2.24, 2.45) is 5.41 Å². The van der Waals surface area contributed by atoms with Gasteiger partial charge in [-0.3, -0.25) is 0 Å². The van der Waals surface area contributed by atoms with Crippen molar-refractivity contribution in [1.82, 2.24) is 19.9 Å². The summed E-state index contributed by atoms with van der Waals surface area (Å²) in [7, 11) is 6.29. The number of rotatable bonds is 6. The van der Waals surface area contributed by atoms with Crippen LogP contribution in [0.4, 0.5) is 5.82 Å². The molecular weight excluding hydrogens is 397 g/mol. The number of nitrogens with one attached hydrogen (secondary N) is 1. The minimum Gasteiger partial charge on any atom is -0.486 e. The zero-order valence-electron chi connectivity index (χ0n) is 17.6. The highest BCUT2D eigenvalue weighted by atomic mass is 32.2. The van der Waals surface area contributed by atoms with Gasteiger partial charge in [0.2, 0.25) is 0 Å². The van der Waals surface area contributed by atoms with E-state index in [1.165, 1.54) is 11.8 Å². The first kappa shape index (κ1) is 20.9. The van der Waals surface area contributed by atoms with Crippen molar-refractivity contribution < 1.29 is 9.47 Å². The average molecular weight is 423 g/mol. The van der Waals surface area contributed by atoms with Crippen molar-refractivity contribution in [3.05, 3.63) is 24.4 Å². The Bertz CT molecular complexity index is 1060. The molecule has 1 aliphatic rings. The highest BCUT2D eigenvalue weighted by Crippen LogP contribution is 2.36. The van der Waals surface area contributed by atoms with E-state index >= 15 is 0 Å². The third-order valence-electron chi connectivity index (χ3n) is 4.70. The Labute approximate surface area is 182 Å². The lowest BCUT2D eigenvalue weighted by Gasteiger charge is -2.20. The lowest BCUT2D eigenvalue weighted by molar-refractivity contribution is 0.171. The number of hydrogen-bond acceptors (Lipinski definition) is 7. The quantitative estimate of drug-likeness (QED) is 0.465. The predicted octanol–water partition coefficient (Wildman–Crippen LogP) is 2.37. The van der Waals surface area contributed by atoms with E-state index in [-0.39, 0.29) is 5.41 Å². The van der Waals surface area contributed by atoms with Gasteiger partial charge in [-0.1, -0.05) is 38.0 Å². The molecule has 3 aromatic rings. The Kier molecular flexibility index (Phi) is 5.84. The molecule has 0 atom stereocenters. The fraction of sp³-hybridized carbons (Fsp3) is 0.429. The highest BCUT2D eigenvalue weighted by molar-refractivity contribution is 7.99. The number of ether oxygens (including phenoxy) is 2. The average Bonchev–Trinajstić information content (AvgIpc) is 3.04. The van der Waals surface area contributed by atoms with E-state index in [0.717, 1.165) is 35.2 Å². The Balaban J connectivity index is 1.64.